The first kappa shape index (κ1) is 22.2. The highest BCUT2D eigenvalue weighted by Crippen LogP contribution is 2.47. The molecule has 0 radical (unpaired) electrons. The lowest BCUT2D eigenvalue weighted by molar-refractivity contribution is -0.741. The van der Waals surface area contributed by atoms with Gasteiger partial charge >= 0.3 is 23.0 Å². The molecule has 1 aliphatic heterocycles. The van der Waals surface area contributed by atoms with Crippen molar-refractivity contribution < 1.29 is 35.5 Å². The average Bonchev–Trinajstić information content (AvgIpc) is 3.32. The highest BCUT2D eigenvalue weighted by Gasteiger charge is 2.53. The summed E-state index contributed by atoms with van der Waals surface area (Å²) >= 11 is 0. The van der Waals surface area contributed by atoms with Gasteiger partial charge in [-0.2, -0.15) is 22.1 Å². The topological polar surface area (TPSA) is 42.4 Å². The summed E-state index contributed by atoms with van der Waals surface area (Å²) in [5.41, 5.74) is -3.43. The molecule has 4 heterocycles. The monoisotopic (exact) mass is 477 g/mol. The first-order chi connectivity index (χ1) is 16.1. The minimum Gasteiger partial charge on any atom is -0.379 e. The Morgan fingerprint density at radius 1 is 1.12 bits per heavy atom. The number of pyridine rings is 1. The van der Waals surface area contributed by atoms with Crippen molar-refractivity contribution in [1.29, 1.82) is 0 Å². The number of hydrogen-bond acceptors (Lipinski definition) is 2. The molecule has 0 spiro atoms. The number of aryl methyl sites for hydroxylation is 1. The Bertz CT molecular complexity index is 1580. The molecule has 176 valence electrons. The zero-order chi connectivity index (χ0) is 24.6. The van der Waals surface area contributed by atoms with E-state index in [1.807, 2.05) is 13.8 Å². The van der Waals surface area contributed by atoms with E-state index in [1.165, 1.54) is 15.0 Å². The molecule has 0 amide bonds. The lowest BCUT2D eigenvalue weighted by Crippen LogP contribution is -2.61. The molecule has 0 bridgehead atoms. The van der Waals surface area contributed by atoms with Gasteiger partial charge in [0.05, 0.1) is 12.6 Å². The van der Waals surface area contributed by atoms with Crippen LogP contribution in [0.1, 0.15) is 37.8 Å². The van der Waals surface area contributed by atoms with Crippen molar-refractivity contribution >= 4 is 11.2 Å². The molecule has 0 atom stereocenters. The standard InChI is InChI=1S/C24H20F5N3O2/c1-4-23(5-2)17(21-31-11-10-30(3)20(31)22(33)34-21)13-12-14(25)18(24(27,28)29)19(26)16(13)15-8-6-7-9-32(15)23/h6-12H,4-5H2,1-3H3/q+2. The van der Waals surface area contributed by atoms with Crippen LogP contribution in [-0.4, -0.2) is 4.40 Å². The first-order valence-corrected chi connectivity index (χ1v) is 10.7. The van der Waals surface area contributed by atoms with Gasteiger partial charge in [0.25, 0.3) is 0 Å². The van der Waals surface area contributed by atoms with Gasteiger partial charge < -0.3 is 4.42 Å². The van der Waals surface area contributed by atoms with Crippen LogP contribution in [0.2, 0.25) is 0 Å². The fourth-order valence-corrected chi connectivity index (χ4v) is 5.21. The molecule has 0 aliphatic carbocycles. The van der Waals surface area contributed by atoms with E-state index < -0.39 is 40.1 Å². The summed E-state index contributed by atoms with van der Waals surface area (Å²) in [6.45, 7) is 3.73. The molecule has 10 heteroatoms. The van der Waals surface area contributed by atoms with E-state index in [2.05, 4.69) is 0 Å². The molecule has 0 saturated carbocycles. The van der Waals surface area contributed by atoms with Gasteiger partial charge in [-0.15, -0.1) is 0 Å². The molecule has 1 aromatic carbocycles. The van der Waals surface area contributed by atoms with Crippen molar-refractivity contribution in [2.24, 2.45) is 7.05 Å². The maximum atomic E-state index is 15.6. The average molecular weight is 477 g/mol. The van der Waals surface area contributed by atoms with E-state index in [-0.39, 0.29) is 28.0 Å². The Labute approximate surface area is 190 Å². The number of benzene rings is 1. The Morgan fingerprint density at radius 2 is 1.82 bits per heavy atom. The number of rotatable bonds is 2. The highest BCUT2D eigenvalue weighted by molar-refractivity contribution is 5.84. The maximum absolute atomic E-state index is 15.6. The molecular formula is C24H20F5N3O2+2. The number of oxazole rings is 1. The Morgan fingerprint density at radius 3 is 2.47 bits per heavy atom. The third-order valence-corrected chi connectivity index (χ3v) is 6.79. The number of fused-ring (bicyclic) bond motifs is 4. The Hall–Kier alpha value is -3.56. The van der Waals surface area contributed by atoms with Gasteiger partial charge in [0.15, 0.2) is 12.0 Å². The minimum absolute atomic E-state index is 0.0195. The van der Waals surface area contributed by atoms with Crippen molar-refractivity contribution in [3.8, 4) is 11.3 Å². The fraction of sp³-hybridized carbons (Fsp3) is 0.292. The van der Waals surface area contributed by atoms with Crippen molar-refractivity contribution in [1.82, 2.24) is 4.40 Å². The van der Waals surface area contributed by atoms with Crippen LogP contribution in [0.5, 0.6) is 0 Å². The number of hydrogen-bond donors (Lipinski definition) is 0. The summed E-state index contributed by atoms with van der Waals surface area (Å²) in [5.74, 6) is -3.43. The number of halogens is 5. The molecule has 1 aliphatic rings. The fourth-order valence-electron chi connectivity index (χ4n) is 5.21. The minimum atomic E-state index is -5.23. The van der Waals surface area contributed by atoms with Crippen LogP contribution in [0.25, 0.3) is 22.5 Å². The molecule has 0 fully saturated rings. The molecule has 5 rings (SSSR count). The van der Waals surface area contributed by atoms with Gasteiger partial charge in [-0.05, 0) is 12.1 Å². The summed E-state index contributed by atoms with van der Waals surface area (Å²) in [6.07, 6.45) is 0.424. The first-order valence-electron chi connectivity index (χ1n) is 10.7. The van der Waals surface area contributed by atoms with Crippen LogP contribution in [0, 0.1) is 11.6 Å². The molecule has 3 aromatic heterocycles. The highest BCUT2D eigenvalue weighted by atomic mass is 19.4. The second kappa shape index (κ2) is 7.22. The zero-order valence-electron chi connectivity index (χ0n) is 18.5. The van der Waals surface area contributed by atoms with Gasteiger partial charge in [0.1, 0.15) is 29.3 Å². The second-order valence-electron chi connectivity index (χ2n) is 8.33. The summed E-state index contributed by atoms with van der Waals surface area (Å²) in [5, 5.41) is 0. The van der Waals surface area contributed by atoms with E-state index >= 15 is 4.39 Å². The van der Waals surface area contributed by atoms with Crippen molar-refractivity contribution in [3.63, 3.8) is 0 Å². The van der Waals surface area contributed by atoms with Crippen LogP contribution >= 0.6 is 0 Å². The van der Waals surface area contributed by atoms with Gasteiger partial charge in [-0.1, -0.05) is 13.8 Å². The van der Waals surface area contributed by atoms with Crippen LogP contribution < -0.4 is 20.3 Å². The number of alkyl halides is 3. The summed E-state index contributed by atoms with van der Waals surface area (Å²) in [4.78, 5) is 12.7. The third kappa shape index (κ3) is 2.74. The Kier molecular flexibility index (Phi) is 4.72. The largest absolute Gasteiger partial charge is 0.430 e. The van der Waals surface area contributed by atoms with Gasteiger partial charge in [-0.3, -0.25) is 0 Å². The van der Waals surface area contributed by atoms with Crippen molar-refractivity contribution in [2.75, 3.05) is 0 Å². The Balaban J connectivity index is 2.09. The third-order valence-electron chi connectivity index (χ3n) is 6.79. The van der Waals surface area contributed by atoms with Crippen molar-refractivity contribution in [2.45, 2.75) is 38.4 Å². The van der Waals surface area contributed by atoms with Crippen LogP contribution in [0.3, 0.4) is 0 Å². The molecule has 0 saturated heterocycles. The van der Waals surface area contributed by atoms with E-state index in [4.69, 9.17) is 4.42 Å². The van der Waals surface area contributed by atoms with Crippen LogP contribution in [-0.2, 0) is 18.8 Å². The SMILES string of the molecule is CCC1(CC)C(=c2oc(=O)c3n2cc[n+]3C)c2cc(F)c(C(F)(F)F)c(F)c2-c2cccc[n+]21. The molecule has 0 N–H and O–H groups in total. The molecule has 4 aromatic rings. The number of nitrogens with zero attached hydrogens (tertiary/aromatic N) is 3. The maximum Gasteiger partial charge on any atom is 0.430 e. The smallest absolute Gasteiger partial charge is 0.379 e. The van der Waals surface area contributed by atoms with Crippen LogP contribution in [0.4, 0.5) is 22.0 Å². The second-order valence-corrected chi connectivity index (χ2v) is 8.33. The molecule has 0 unspecified atom stereocenters. The quantitative estimate of drug-likeness (QED) is 0.328. The van der Waals surface area contributed by atoms with Crippen molar-refractivity contribution in [3.05, 3.63) is 81.6 Å². The van der Waals surface area contributed by atoms with E-state index in [0.717, 1.165) is 0 Å². The molecule has 34 heavy (non-hydrogen) atoms. The summed E-state index contributed by atoms with van der Waals surface area (Å²) in [6, 6.07) is 5.48. The summed E-state index contributed by atoms with van der Waals surface area (Å²) < 4.78 is 81.6. The van der Waals surface area contributed by atoms with Gasteiger partial charge in [0.2, 0.25) is 11.2 Å². The normalized spacial score (nSPS) is 16.6. The van der Waals surface area contributed by atoms with E-state index in [0.29, 0.717) is 18.9 Å². The van der Waals surface area contributed by atoms with Gasteiger partial charge in [0, 0.05) is 30.5 Å². The van der Waals surface area contributed by atoms with E-state index in [9.17, 15) is 22.4 Å². The predicted molar refractivity (Wildman–Crippen MR) is 110 cm³/mol. The number of aromatic nitrogens is 3. The lowest BCUT2D eigenvalue weighted by Gasteiger charge is -2.34. The van der Waals surface area contributed by atoms with Gasteiger partial charge in [-0.25, -0.2) is 18.1 Å². The summed E-state index contributed by atoms with van der Waals surface area (Å²) in [7, 11) is 1.64. The number of imidazole rings is 1. The zero-order valence-corrected chi connectivity index (χ0v) is 18.5. The molecular weight excluding hydrogens is 457 g/mol. The van der Waals surface area contributed by atoms with E-state index in [1.54, 1.807) is 42.3 Å². The molecule has 5 nitrogen and oxygen atoms in total. The lowest BCUT2D eigenvalue weighted by atomic mass is 9.74. The predicted octanol–water partition coefficient (Wildman–Crippen LogP) is 3.42. The van der Waals surface area contributed by atoms with Crippen LogP contribution in [0.15, 0.2) is 52.1 Å².